The Morgan fingerprint density at radius 2 is 2.27 bits per heavy atom. The first-order valence-electron chi connectivity index (χ1n) is 10.9. The van der Waals surface area contributed by atoms with Gasteiger partial charge >= 0.3 is 5.97 Å². The van der Waals surface area contributed by atoms with Crippen molar-refractivity contribution < 1.29 is 28.7 Å². The molecule has 3 aliphatic rings. The number of pyridine rings is 1. The highest BCUT2D eigenvalue weighted by Crippen LogP contribution is 2.33. The van der Waals surface area contributed by atoms with E-state index in [1.54, 1.807) is 10.9 Å². The van der Waals surface area contributed by atoms with Gasteiger partial charge in [-0.15, -0.1) is 0 Å². The standard InChI is InChI=1S/C23H25N5O5/c1-15-23(13-31-14-23)32-8-7-28(15)20-9-16(3-4-17-5-6-27(2)26-17)11-25-21(20)33-18-10-19(22(29)30)24-12-18/h5-6,9,11,18-19,24H,7-8,10,12-14H2,1-2H3/p+1/t18-,19-/m0/s1. The lowest BCUT2D eigenvalue weighted by atomic mass is 9.94. The summed E-state index contributed by atoms with van der Waals surface area (Å²) in [5.74, 6) is 5.77. The third kappa shape index (κ3) is 4.23. The van der Waals surface area contributed by atoms with Gasteiger partial charge in [-0.25, -0.2) is 4.98 Å². The molecule has 2 aromatic rings. The molecule has 10 heteroatoms. The zero-order valence-corrected chi connectivity index (χ0v) is 18.6. The summed E-state index contributed by atoms with van der Waals surface area (Å²) in [6, 6.07) is 3.19. The number of aryl methyl sites for hydroxylation is 1. The average Bonchev–Trinajstić information content (AvgIpc) is 3.41. The number of carbonyl (C=O) groups is 1. The first kappa shape index (κ1) is 21.6. The zero-order valence-electron chi connectivity index (χ0n) is 18.6. The third-order valence-electron chi connectivity index (χ3n) is 6.27. The Bertz CT molecular complexity index is 1170. The second-order valence-electron chi connectivity index (χ2n) is 8.52. The Morgan fingerprint density at radius 3 is 2.94 bits per heavy atom. The molecule has 2 aromatic heterocycles. The van der Waals surface area contributed by atoms with Crippen LogP contribution < -0.4 is 10.1 Å². The SMILES string of the molecule is CC1=[N+](c2cc(C#Cc3ccn(C)n3)cnc2O[C@@H]2CN[C@H](C(=O)O)C2)CCOC12COC2. The van der Waals surface area contributed by atoms with E-state index < -0.39 is 17.6 Å². The van der Waals surface area contributed by atoms with Crippen LogP contribution in [0.25, 0.3) is 0 Å². The van der Waals surface area contributed by atoms with E-state index in [1.807, 2.05) is 32.3 Å². The lowest BCUT2D eigenvalue weighted by Gasteiger charge is -2.41. The second-order valence-corrected chi connectivity index (χ2v) is 8.52. The second kappa shape index (κ2) is 8.59. The summed E-state index contributed by atoms with van der Waals surface area (Å²) in [5, 5.41) is 16.6. The fourth-order valence-electron chi connectivity index (χ4n) is 4.28. The summed E-state index contributed by atoms with van der Waals surface area (Å²) < 4.78 is 21.5. The summed E-state index contributed by atoms with van der Waals surface area (Å²) in [6.45, 7) is 4.72. The van der Waals surface area contributed by atoms with Crippen molar-refractivity contribution in [2.45, 2.75) is 31.1 Å². The molecule has 0 bridgehead atoms. The van der Waals surface area contributed by atoms with E-state index in [1.165, 1.54) is 0 Å². The lowest BCUT2D eigenvalue weighted by Crippen LogP contribution is -2.62. The molecule has 2 atom stereocenters. The molecule has 5 rings (SSSR count). The predicted molar refractivity (Wildman–Crippen MR) is 117 cm³/mol. The minimum Gasteiger partial charge on any atom is -0.480 e. The normalized spacial score (nSPS) is 23.7. The van der Waals surface area contributed by atoms with Crippen molar-refractivity contribution >= 4 is 17.4 Å². The summed E-state index contributed by atoms with van der Waals surface area (Å²) in [6.07, 6.45) is 3.60. The van der Waals surface area contributed by atoms with Gasteiger partial charge in [0.25, 0.3) is 11.6 Å². The molecule has 2 saturated heterocycles. The molecule has 33 heavy (non-hydrogen) atoms. The average molecular weight is 452 g/mol. The molecule has 10 nitrogen and oxygen atoms in total. The van der Waals surface area contributed by atoms with E-state index in [0.29, 0.717) is 50.9 Å². The number of carboxylic acid groups (broad SMARTS) is 1. The van der Waals surface area contributed by atoms with Gasteiger partial charge < -0.3 is 24.6 Å². The van der Waals surface area contributed by atoms with Gasteiger partial charge in [0, 0.05) is 45.4 Å². The molecular formula is C23H26N5O5+. The number of carboxylic acids is 1. The quantitative estimate of drug-likeness (QED) is 0.504. The molecule has 0 amide bonds. The Morgan fingerprint density at radius 1 is 1.42 bits per heavy atom. The van der Waals surface area contributed by atoms with Crippen molar-refractivity contribution in [1.29, 1.82) is 0 Å². The number of aromatic nitrogens is 3. The molecule has 5 heterocycles. The number of nitrogens with zero attached hydrogens (tertiary/aromatic N) is 4. The van der Waals surface area contributed by atoms with Crippen molar-refractivity contribution in [1.82, 2.24) is 20.1 Å². The summed E-state index contributed by atoms with van der Waals surface area (Å²) in [7, 11) is 1.85. The Kier molecular flexibility index (Phi) is 5.62. The van der Waals surface area contributed by atoms with Crippen molar-refractivity contribution in [2.75, 3.05) is 32.9 Å². The smallest absolute Gasteiger partial charge is 0.320 e. The molecule has 0 radical (unpaired) electrons. The minimum absolute atomic E-state index is 0.287. The van der Waals surface area contributed by atoms with E-state index in [0.717, 1.165) is 17.0 Å². The largest absolute Gasteiger partial charge is 0.480 e. The number of hydrogen-bond acceptors (Lipinski definition) is 7. The van der Waals surface area contributed by atoms with Gasteiger partial charge in [-0.2, -0.15) is 9.67 Å². The number of ether oxygens (including phenoxy) is 3. The predicted octanol–water partition coefficient (Wildman–Crippen LogP) is 0.313. The Hall–Kier alpha value is -3.26. The molecule has 0 saturated carbocycles. The number of rotatable bonds is 4. The van der Waals surface area contributed by atoms with Crippen LogP contribution in [0.3, 0.4) is 0 Å². The van der Waals surface area contributed by atoms with E-state index in [4.69, 9.17) is 14.2 Å². The van der Waals surface area contributed by atoms with E-state index in [-0.39, 0.29) is 6.10 Å². The van der Waals surface area contributed by atoms with Gasteiger partial charge in [0.15, 0.2) is 17.9 Å². The fourth-order valence-corrected chi connectivity index (χ4v) is 4.28. The van der Waals surface area contributed by atoms with Gasteiger partial charge in [-0.3, -0.25) is 9.48 Å². The van der Waals surface area contributed by atoms with Crippen molar-refractivity contribution in [3.05, 3.63) is 35.8 Å². The maximum Gasteiger partial charge on any atom is 0.320 e. The van der Waals surface area contributed by atoms with Crippen LogP contribution in [0, 0.1) is 11.8 Å². The highest BCUT2D eigenvalue weighted by atomic mass is 16.6. The van der Waals surface area contributed by atoms with Crippen LogP contribution >= 0.6 is 0 Å². The Labute approximate surface area is 191 Å². The lowest BCUT2D eigenvalue weighted by molar-refractivity contribution is -0.473. The molecule has 0 unspecified atom stereocenters. The molecule has 2 fully saturated rings. The first-order valence-corrected chi connectivity index (χ1v) is 10.9. The molecule has 1 spiro atoms. The maximum absolute atomic E-state index is 11.3. The zero-order chi connectivity index (χ0) is 23.0. The topological polar surface area (TPSA) is 111 Å². The molecule has 172 valence electrons. The van der Waals surface area contributed by atoms with Crippen LogP contribution in [0.2, 0.25) is 0 Å². The summed E-state index contributed by atoms with van der Waals surface area (Å²) >= 11 is 0. The van der Waals surface area contributed by atoms with E-state index in [2.05, 4.69) is 31.8 Å². The van der Waals surface area contributed by atoms with E-state index >= 15 is 0 Å². The van der Waals surface area contributed by atoms with Gasteiger partial charge in [-0.1, -0.05) is 5.92 Å². The first-order chi connectivity index (χ1) is 15.9. The molecule has 0 aliphatic carbocycles. The Balaban J connectivity index is 1.50. The van der Waals surface area contributed by atoms with Crippen LogP contribution in [0.4, 0.5) is 5.69 Å². The van der Waals surface area contributed by atoms with Crippen LogP contribution in [0.5, 0.6) is 5.88 Å². The van der Waals surface area contributed by atoms with Crippen LogP contribution in [0.1, 0.15) is 24.6 Å². The number of nitrogens with one attached hydrogen (secondary N) is 1. The van der Waals surface area contributed by atoms with Gasteiger partial charge in [0.1, 0.15) is 24.4 Å². The third-order valence-corrected chi connectivity index (χ3v) is 6.27. The van der Waals surface area contributed by atoms with Crippen LogP contribution in [-0.4, -0.2) is 86.8 Å². The highest BCUT2D eigenvalue weighted by molar-refractivity contribution is 5.88. The maximum atomic E-state index is 11.3. The fraction of sp³-hybridized carbons (Fsp3) is 0.478. The van der Waals surface area contributed by atoms with Gasteiger partial charge in [-0.05, 0) is 12.0 Å². The highest BCUT2D eigenvalue weighted by Gasteiger charge is 2.51. The molecule has 3 aliphatic heterocycles. The van der Waals surface area contributed by atoms with E-state index in [9.17, 15) is 9.90 Å². The molecule has 0 aromatic carbocycles. The minimum atomic E-state index is -0.876. The summed E-state index contributed by atoms with van der Waals surface area (Å²) in [5.41, 5.74) is 2.81. The summed E-state index contributed by atoms with van der Waals surface area (Å²) in [4.78, 5) is 15.9. The van der Waals surface area contributed by atoms with Crippen molar-refractivity contribution in [2.24, 2.45) is 7.05 Å². The van der Waals surface area contributed by atoms with Crippen LogP contribution in [-0.2, 0) is 21.3 Å². The molecule has 2 N–H and O–H groups in total. The molecular weight excluding hydrogens is 426 g/mol. The number of aliphatic carboxylic acids is 1. The van der Waals surface area contributed by atoms with Crippen molar-refractivity contribution in [3.63, 3.8) is 0 Å². The van der Waals surface area contributed by atoms with Gasteiger partial charge in [0.05, 0.1) is 18.8 Å². The monoisotopic (exact) mass is 452 g/mol. The van der Waals surface area contributed by atoms with Gasteiger partial charge in [0.2, 0.25) is 0 Å². The van der Waals surface area contributed by atoms with Crippen LogP contribution in [0.15, 0.2) is 24.5 Å². The number of hydrogen-bond donors (Lipinski definition) is 2. The van der Waals surface area contributed by atoms with Crippen molar-refractivity contribution in [3.8, 4) is 17.7 Å².